The number of aromatic nitrogens is 2. The molecule has 0 aliphatic rings. The van der Waals surface area contributed by atoms with Gasteiger partial charge in [-0.1, -0.05) is 31.2 Å². The van der Waals surface area contributed by atoms with Crippen LogP contribution < -0.4 is 10.1 Å². The number of anilines is 1. The average molecular weight is 429 g/mol. The molecule has 0 saturated heterocycles. The molecule has 32 heavy (non-hydrogen) atoms. The number of furan rings is 1. The molecule has 2 heterocycles. The van der Waals surface area contributed by atoms with Crippen LogP contribution in [0.3, 0.4) is 0 Å². The highest BCUT2D eigenvalue weighted by atomic mass is 16.5. The van der Waals surface area contributed by atoms with Gasteiger partial charge in [0.15, 0.2) is 5.76 Å². The third-order valence-electron chi connectivity index (χ3n) is 4.86. The van der Waals surface area contributed by atoms with Gasteiger partial charge in [0.25, 0.3) is 0 Å². The van der Waals surface area contributed by atoms with E-state index in [9.17, 15) is 9.59 Å². The molecule has 0 unspecified atom stereocenters. The number of ether oxygens (including phenoxy) is 1. The average Bonchev–Trinajstić information content (AvgIpc) is 3.42. The standard InChI is InChI=1S/C25H23N3O4/c1-4-22(30)26-19-12-10-18(11-13-19)23-24(21-9-6-14-31-21)27-28(25(23)32-17(3)29)20-8-5-7-16(2)15-20/h5-15H,4H2,1-3H3,(H,26,30). The molecule has 0 bridgehead atoms. The number of rotatable bonds is 6. The Kier molecular flexibility index (Phi) is 5.89. The van der Waals surface area contributed by atoms with E-state index in [4.69, 9.17) is 14.3 Å². The lowest BCUT2D eigenvalue weighted by Gasteiger charge is -2.10. The van der Waals surface area contributed by atoms with Crippen molar-refractivity contribution < 1.29 is 18.7 Å². The highest BCUT2D eigenvalue weighted by Gasteiger charge is 2.26. The molecule has 162 valence electrons. The van der Waals surface area contributed by atoms with Crippen molar-refractivity contribution in [3.8, 4) is 34.1 Å². The quantitative estimate of drug-likeness (QED) is 0.416. The summed E-state index contributed by atoms with van der Waals surface area (Å²) in [6.07, 6.45) is 1.96. The molecule has 4 rings (SSSR count). The molecule has 2 aromatic heterocycles. The number of benzene rings is 2. The van der Waals surface area contributed by atoms with Crippen molar-refractivity contribution in [3.05, 3.63) is 72.5 Å². The van der Waals surface area contributed by atoms with Crippen molar-refractivity contribution in [2.45, 2.75) is 27.2 Å². The van der Waals surface area contributed by atoms with E-state index < -0.39 is 5.97 Å². The van der Waals surface area contributed by atoms with E-state index in [0.29, 0.717) is 35.0 Å². The summed E-state index contributed by atoms with van der Waals surface area (Å²) in [5, 5.41) is 7.59. The summed E-state index contributed by atoms with van der Waals surface area (Å²) in [5.74, 6) is 0.308. The van der Waals surface area contributed by atoms with E-state index in [1.807, 2.05) is 43.3 Å². The van der Waals surface area contributed by atoms with Crippen LogP contribution in [0.25, 0.3) is 28.3 Å². The monoisotopic (exact) mass is 429 g/mol. The summed E-state index contributed by atoms with van der Waals surface area (Å²) < 4.78 is 12.9. The van der Waals surface area contributed by atoms with Crippen LogP contribution in [0.15, 0.2) is 71.3 Å². The zero-order chi connectivity index (χ0) is 22.7. The molecule has 7 nitrogen and oxygen atoms in total. The molecule has 0 saturated carbocycles. The highest BCUT2D eigenvalue weighted by molar-refractivity contribution is 5.91. The third-order valence-corrected chi connectivity index (χ3v) is 4.86. The summed E-state index contributed by atoms with van der Waals surface area (Å²) in [5.41, 5.74) is 4.40. The van der Waals surface area contributed by atoms with Crippen LogP contribution in [0.2, 0.25) is 0 Å². The Labute approximate surface area is 185 Å². The van der Waals surface area contributed by atoms with Gasteiger partial charge in [0.1, 0.15) is 5.69 Å². The fourth-order valence-corrected chi connectivity index (χ4v) is 3.38. The smallest absolute Gasteiger partial charge is 0.309 e. The van der Waals surface area contributed by atoms with Gasteiger partial charge in [-0.25, -0.2) is 0 Å². The number of nitrogens with zero attached hydrogens (tertiary/aromatic N) is 2. The van der Waals surface area contributed by atoms with Gasteiger partial charge in [-0.3, -0.25) is 9.59 Å². The topological polar surface area (TPSA) is 86.4 Å². The summed E-state index contributed by atoms with van der Waals surface area (Å²) in [4.78, 5) is 23.7. The third kappa shape index (κ3) is 4.32. The van der Waals surface area contributed by atoms with E-state index in [1.165, 1.54) is 6.92 Å². The minimum Gasteiger partial charge on any atom is -0.463 e. The van der Waals surface area contributed by atoms with Crippen LogP contribution in [0.1, 0.15) is 25.8 Å². The minimum absolute atomic E-state index is 0.0677. The Balaban J connectivity index is 1.91. The fraction of sp³-hybridized carbons (Fsp3) is 0.160. The molecule has 1 amide bonds. The second-order valence-electron chi connectivity index (χ2n) is 7.33. The molecule has 4 aromatic rings. The lowest BCUT2D eigenvalue weighted by atomic mass is 10.0. The molecule has 1 N–H and O–H groups in total. The Morgan fingerprint density at radius 1 is 1.09 bits per heavy atom. The number of aryl methyl sites for hydroxylation is 1. The number of esters is 1. The minimum atomic E-state index is -0.460. The van der Waals surface area contributed by atoms with Crippen molar-refractivity contribution in [1.29, 1.82) is 0 Å². The molecular weight excluding hydrogens is 406 g/mol. The van der Waals surface area contributed by atoms with Gasteiger partial charge >= 0.3 is 5.97 Å². The van der Waals surface area contributed by atoms with Crippen LogP contribution in [-0.4, -0.2) is 21.7 Å². The van der Waals surface area contributed by atoms with Gasteiger partial charge in [0, 0.05) is 19.0 Å². The maximum Gasteiger partial charge on any atom is 0.309 e. The Morgan fingerprint density at radius 3 is 2.50 bits per heavy atom. The summed E-state index contributed by atoms with van der Waals surface area (Å²) in [7, 11) is 0. The van der Waals surface area contributed by atoms with Gasteiger partial charge < -0.3 is 14.5 Å². The van der Waals surface area contributed by atoms with Crippen molar-refractivity contribution in [2.75, 3.05) is 5.32 Å². The predicted molar refractivity (Wildman–Crippen MR) is 122 cm³/mol. The molecule has 2 aromatic carbocycles. The fourth-order valence-electron chi connectivity index (χ4n) is 3.38. The molecule has 0 spiro atoms. The van der Waals surface area contributed by atoms with Crippen LogP contribution in [0, 0.1) is 6.92 Å². The van der Waals surface area contributed by atoms with E-state index in [0.717, 1.165) is 16.8 Å². The van der Waals surface area contributed by atoms with Crippen LogP contribution in [-0.2, 0) is 9.59 Å². The van der Waals surface area contributed by atoms with Crippen LogP contribution >= 0.6 is 0 Å². The second kappa shape index (κ2) is 8.93. The lowest BCUT2D eigenvalue weighted by Crippen LogP contribution is -2.09. The maximum atomic E-state index is 12.0. The number of carbonyl (C=O) groups is 2. The first-order valence-electron chi connectivity index (χ1n) is 10.3. The van der Waals surface area contributed by atoms with E-state index in [-0.39, 0.29) is 5.91 Å². The van der Waals surface area contributed by atoms with Crippen LogP contribution in [0.4, 0.5) is 5.69 Å². The Morgan fingerprint density at radius 2 is 1.88 bits per heavy atom. The number of carbonyl (C=O) groups excluding carboxylic acids is 2. The normalized spacial score (nSPS) is 10.7. The second-order valence-corrected chi connectivity index (χ2v) is 7.33. The highest BCUT2D eigenvalue weighted by Crippen LogP contribution is 2.41. The molecule has 0 fully saturated rings. The number of hydrogen-bond acceptors (Lipinski definition) is 5. The largest absolute Gasteiger partial charge is 0.463 e. The maximum absolute atomic E-state index is 12.0. The summed E-state index contributed by atoms with van der Waals surface area (Å²) in [6.45, 7) is 5.13. The van der Waals surface area contributed by atoms with E-state index >= 15 is 0 Å². The van der Waals surface area contributed by atoms with Gasteiger partial charge in [0.05, 0.1) is 17.5 Å². The van der Waals surface area contributed by atoms with Gasteiger partial charge in [0.2, 0.25) is 11.8 Å². The van der Waals surface area contributed by atoms with Crippen molar-refractivity contribution >= 4 is 17.6 Å². The lowest BCUT2D eigenvalue weighted by molar-refractivity contribution is -0.132. The number of hydrogen-bond donors (Lipinski definition) is 1. The van der Waals surface area contributed by atoms with E-state index in [1.54, 1.807) is 42.1 Å². The molecule has 0 aliphatic heterocycles. The molecule has 0 atom stereocenters. The SMILES string of the molecule is CCC(=O)Nc1ccc(-c2c(-c3ccco3)nn(-c3cccc(C)c3)c2OC(C)=O)cc1. The molecule has 0 aliphatic carbocycles. The number of amides is 1. The van der Waals surface area contributed by atoms with Crippen LogP contribution in [0.5, 0.6) is 5.88 Å². The van der Waals surface area contributed by atoms with Gasteiger partial charge in [-0.15, -0.1) is 0 Å². The molecule has 0 radical (unpaired) electrons. The van der Waals surface area contributed by atoms with E-state index in [2.05, 4.69) is 5.32 Å². The predicted octanol–water partition coefficient (Wildman–Crippen LogP) is 5.38. The van der Waals surface area contributed by atoms with Crippen molar-refractivity contribution in [3.63, 3.8) is 0 Å². The summed E-state index contributed by atoms with van der Waals surface area (Å²) >= 11 is 0. The first-order chi connectivity index (χ1) is 15.5. The molecular formula is C25H23N3O4. The first kappa shape index (κ1) is 21.1. The van der Waals surface area contributed by atoms with Gasteiger partial charge in [-0.2, -0.15) is 9.78 Å². The first-order valence-corrected chi connectivity index (χ1v) is 10.3. The summed E-state index contributed by atoms with van der Waals surface area (Å²) in [6, 6.07) is 18.6. The Hall–Kier alpha value is -4.13. The molecule has 7 heteroatoms. The van der Waals surface area contributed by atoms with Gasteiger partial charge in [-0.05, 0) is 54.4 Å². The number of nitrogens with one attached hydrogen (secondary N) is 1. The Bertz CT molecular complexity index is 1260. The van der Waals surface area contributed by atoms with Crippen molar-refractivity contribution in [2.24, 2.45) is 0 Å². The zero-order valence-electron chi connectivity index (χ0n) is 18.1. The van der Waals surface area contributed by atoms with Crippen molar-refractivity contribution in [1.82, 2.24) is 9.78 Å². The zero-order valence-corrected chi connectivity index (χ0v) is 18.1.